The summed E-state index contributed by atoms with van der Waals surface area (Å²) in [6.45, 7) is 1.78. The van der Waals surface area contributed by atoms with Gasteiger partial charge in [0.2, 0.25) is 0 Å². The molecule has 4 nitrogen and oxygen atoms in total. The van der Waals surface area contributed by atoms with E-state index in [2.05, 4.69) is 4.72 Å². The molecule has 0 aliphatic rings. The number of carbonyl (C=O) groups is 1. The Labute approximate surface area is 130 Å². The van der Waals surface area contributed by atoms with Crippen molar-refractivity contribution >= 4 is 27.6 Å². The fourth-order valence-electron chi connectivity index (χ4n) is 1.81. The minimum atomic E-state index is -3.65. The Bertz CT molecular complexity index is 781. The number of rotatable bonds is 6. The minimum Gasteiger partial charge on any atom is -0.295 e. The Hall–Kier alpha value is -2.40. The highest BCUT2D eigenvalue weighted by molar-refractivity contribution is 7.92. The van der Waals surface area contributed by atoms with Crippen LogP contribution < -0.4 is 4.72 Å². The van der Waals surface area contributed by atoms with Gasteiger partial charge in [0, 0.05) is 12.1 Å². The molecule has 0 aliphatic carbocycles. The van der Waals surface area contributed by atoms with Crippen LogP contribution >= 0.6 is 0 Å². The van der Waals surface area contributed by atoms with Gasteiger partial charge in [0.15, 0.2) is 5.78 Å². The molecule has 2 aromatic carbocycles. The van der Waals surface area contributed by atoms with E-state index in [1.807, 2.05) is 6.07 Å². The van der Waals surface area contributed by atoms with E-state index in [0.29, 0.717) is 17.7 Å². The van der Waals surface area contributed by atoms with E-state index in [1.54, 1.807) is 49.4 Å². The molecule has 0 fully saturated rings. The zero-order valence-corrected chi connectivity index (χ0v) is 13.0. The first-order chi connectivity index (χ1) is 10.5. The quantitative estimate of drug-likeness (QED) is 0.830. The van der Waals surface area contributed by atoms with Crippen LogP contribution in [0.15, 0.2) is 65.6 Å². The molecule has 0 atom stereocenters. The van der Waals surface area contributed by atoms with Gasteiger partial charge in [-0.1, -0.05) is 43.3 Å². The summed E-state index contributed by atoms with van der Waals surface area (Å²) >= 11 is 0. The normalized spacial score (nSPS) is 11.5. The third-order valence-electron chi connectivity index (χ3n) is 3.00. The standard InChI is InChI=1S/C17H17NO3S/c1-2-16(19)12-11-14-7-6-10-17(13-14)22(20,21)18-15-8-4-3-5-9-15/h3-13,18H,2H2,1H3/b12-11+. The summed E-state index contributed by atoms with van der Waals surface area (Å²) in [5, 5.41) is 0. The number of hydrogen-bond donors (Lipinski definition) is 1. The van der Waals surface area contributed by atoms with Gasteiger partial charge < -0.3 is 0 Å². The minimum absolute atomic E-state index is 0.00401. The van der Waals surface area contributed by atoms with Crippen LogP contribution in [0.2, 0.25) is 0 Å². The Kier molecular flexibility index (Phi) is 5.12. The number of carbonyl (C=O) groups excluding carboxylic acids is 1. The van der Waals surface area contributed by atoms with Gasteiger partial charge in [-0.2, -0.15) is 0 Å². The fraction of sp³-hybridized carbons (Fsp3) is 0.118. The number of allylic oxidation sites excluding steroid dienone is 1. The van der Waals surface area contributed by atoms with Gasteiger partial charge in [-0.25, -0.2) is 8.42 Å². The van der Waals surface area contributed by atoms with Crippen LogP contribution in [0, 0.1) is 0 Å². The van der Waals surface area contributed by atoms with Crippen LogP contribution in [0.1, 0.15) is 18.9 Å². The van der Waals surface area contributed by atoms with Crippen molar-refractivity contribution in [2.24, 2.45) is 0 Å². The molecule has 5 heteroatoms. The van der Waals surface area contributed by atoms with Crippen molar-refractivity contribution in [3.05, 3.63) is 66.2 Å². The van der Waals surface area contributed by atoms with Gasteiger partial charge in [-0.05, 0) is 35.9 Å². The number of benzene rings is 2. The number of nitrogens with one attached hydrogen (secondary N) is 1. The molecule has 0 radical (unpaired) electrons. The maximum absolute atomic E-state index is 12.3. The average Bonchev–Trinajstić information content (AvgIpc) is 2.53. The summed E-state index contributed by atoms with van der Waals surface area (Å²) in [4.78, 5) is 11.4. The average molecular weight is 315 g/mol. The van der Waals surface area contributed by atoms with Gasteiger partial charge >= 0.3 is 0 Å². The molecule has 2 aromatic rings. The second-order valence-electron chi connectivity index (χ2n) is 4.70. The molecule has 0 bridgehead atoms. The van der Waals surface area contributed by atoms with Crippen molar-refractivity contribution in [3.8, 4) is 0 Å². The highest BCUT2D eigenvalue weighted by Gasteiger charge is 2.13. The van der Waals surface area contributed by atoms with Crippen LogP contribution in [0.5, 0.6) is 0 Å². The molecule has 22 heavy (non-hydrogen) atoms. The van der Waals surface area contributed by atoms with Gasteiger partial charge in [0.05, 0.1) is 4.90 Å². The highest BCUT2D eigenvalue weighted by atomic mass is 32.2. The summed E-state index contributed by atoms with van der Waals surface area (Å²) in [6.07, 6.45) is 3.49. The first-order valence-corrected chi connectivity index (χ1v) is 8.38. The van der Waals surface area contributed by atoms with E-state index in [4.69, 9.17) is 0 Å². The Morgan fingerprint density at radius 2 is 1.82 bits per heavy atom. The van der Waals surface area contributed by atoms with Crippen molar-refractivity contribution < 1.29 is 13.2 Å². The molecule has 2 rings (SSSR count). The molecule has 1 N–H and O–H groups in total. The smallest absolute Gasteiger partial charge is 0.261 e. The highest BCUT2D eigenvalue weighted by Crippen LogP contribution is 2.17. The van der Waals surface area contributed by atoms with Crippen LogP contribution in [-0.2, 0) is 14.8 Å². The van der Waals surface area contributed by atoms with Gasteiger partial charge in [0.1, 0.15) is 0 Å². The summed E-state index contributed by atoms with van der Waals surface area (Å²) < 4.78 is 27.2. The molecule has 0 amide bonds. The number of sulfonamides is 1. The lowest BCUT2D eigenvalue weighted by Crippen LogP contribution is -2.12. The molecule has 0 saturated heterocycles. The summed E-state index contributed by atoms with van der Waals surface area (Å²) in [5.41, 5.74) is 1.17. The van der Waals surface area contributed by atoms with E-state index >= 15 is 0 Å². The third-order valence-corrected chi connectivity index (χ3v) is 4.38. The molecule has 0 aliphatic heterocycles. The Balaban J connectivity index is 2.25. The van der Waals surface area contributed by atoms with E-state index in [0.717, 1.165) is 0 Å². The summed E-state index contributed by atoms with van der Waals surface area (Å²) in [7, 11) is -3.65. The van der Waals surface area contributed by atoms with E-state index in [9.17, 15) is 13.2 Å². The topological polar surface area (TPSA) is 63.2 Å². The molecular formula is C17H17NO3S. The molecule has 0 aromatic heterocycles. The van der Waals surface area contributed by atoms with Crippen molar-refractivity contribution in [1.29, 1.82) is 0 Å². The lowest BCUT2D eigenvalue weighted by atomic mass is 10.2. The molecule has 0 unspecified atom stereocenters. The molecule has 0 spiro atoms. The Morgan fingerprint density at radius 3 is 2.50 bits per heavy atom. The Morgan fingerprint density at radius 1 is 1.09 bits per heavy atom. The number of hydrogen-bond acceptors (Lipinski definition) is 3. The SMILES string of the molecule is CCC(=O)/C=C/c1cccc(S(=O)(=O)Nc2ccccc2)c1. The summed E-state index contributed by atoms with van der Waals surface area (Å²) in [6, 6.07) is 15.1. The number of para-hydroxylation sites is 1. The number of ketones is 1. The molecule has 0 saturated carbocycles. The van der Waals surface area contributed by atoms with E-state index in [1.165, 1.54) is 18.2 Å². The van der Waals surface area contributed by atoms with Crippen LogP contribution in [0.25, 0.3) is 6.08 Å². The molecule has 0 heterocycles. The maximum Gasteiger partial charge on any atom is 0.261 e. The number of anilines is 1. The lowest BCUT2D eigenvalue weighted by Gasteiger charge is -2.08. The van der Waals surface area contributed by atoms with Gasteiger partial charge in [0.25, 0.3) is 10.0 Å². The second kappa shape index (κ2) is 7.04. The first kappa shape index (κ1) is 16.0. The third kappa shape index (κ3) is 4.30. The zero-order valence-electron chi connectivity index (χ0n) is 12.2. The van der Waals surface area contributed by atoms with Gasteiger partial charge in [-0.15, -0.1) is 0 Å². The second-order valence-corrected chi connectivity index (χ2v) is 6.38. The van der Waals surface area contributed by atoms with Crippen LogP contribution in [-0.4, -0.2) is 14.2 Å². The summed E-state index contributed by atoms with van der Waals surface area (Å²) in [5.74, 6) is -0.00401. The van der Waals surface area contributed by atoms with Gasteiger partial charge in [-0.3, -0.25) is 9.52 Å². The van der Waals surface area contributed by atoms with Crippen molar-refractivity contribution in [2.75, 3.05) is 4.72 Å². The van der Waals surface area contributed by atoms with Crippen molar-refractivity contribution in [2.45, 2.75) is 18.2 Å². The predicted octanol–water partition coefficient (Wildman–Crippen LogP) is 3.48. The zero-order chi connectivity index (χ0) is 16.0. The maximum atomic E-state index is 12.3. The fourth-order valence-corrected chi connectivity index (χ4v) is 2.93. The monoisotopic (exact) mass is 315 g/mol. The van der Waals surface area contributed by atoms with Crippen molar-refractivity contribution in [3.63, 3.8) is 0 Å². The molecule has 114 valence electrons. The van der Waals surface area contributed by atoms with E-state index < -0.39 is 10.0 Å². The van der Waals surface area contributed by atoms with Crippen LogP contribution in [0.4, 0.5) is 5.69 Å². The van der Waals surface area contributed by atoms with E-state index in [-0.39, 0.29) is 10.7 Å². The lowest BCUT2D eigenvalue weighted by molar-refractivity contribution is -0.114. The first-order valence-electron chi connectivity index (χ1n) is 6.90. The van der Waals surface area contributed by atoms with Crippen molar-refractivity contribution in [1.82, 2.24) is 0 Å². The predicted molar refractivity (Wildman–Crippen MR) is 88.0 cm³/mol. The molecular weight excluding hydrogens is 298 g/mol. The largest absolute Gasteiger partial charge is 0.295 e. The van der Waals surface area contributed by atoms with Crippen LogP contribution in [0.3, 0.4) is 0 Å².